The van der Waals surface area contributed by atoms with Crippen LogP contribution >= 0.6 is 22.9 Å². The molecule has 0 saturated carbocycles. The second kappa shape index (κ2) is 6.10. The summed E-state index contributed by atoms with van der Waals surface area (Å²) in [5, 5.41) is 2.54. The summed E-state index contributed by atoms with van der Waals surface area (Å²) < 4.78 is 2.25. The Hall–Kier alpha value is -2.33. The lowest BCUT2D eigenvalue weighted by Crippen LogP contribution is -2.15. The Bertz CT molecular complexity index is 1180. The lowest BCUT2D eigenvalue weighted by molar-refractivity contribution is 0.660. The van der Waals surface area contributed by atoms with E-state index in [-0.39, 0.29) is 5.41 Å². The first kappa shape index (κ1) is 16.8. The molecule has 0 spiro atoms. The third kappa shape index (κ3) is 2.58. The van der Waals surface area contributed by atoms with Gasteiger partial charge in [0.25, 0.3) is 0 Å². The number of rotatable bonds is 2. The maximum Gasteiger partial charge on any atom is 0.0646 e. The Labute approximate surface area is 174 Å². The van der Waals surface area contributed by atoms with E-state index in [0.29, 0.717) is 0 Å². The van der Waals surface area contributed by atoms with E-state index in [1.807, 2.05) is 0 Å². The number of anilines is 2. The highest BCUT2D eigenvalue weighted by Crippen LogP contribution is 2.50. The van der Waals surface area contributed by atoms with E-state index in [4.69, 9.17) is 0 Å². The molecule has 0 atom stereocenters. The lowest BCUT2D eigenvalue weighted by Gasteiger charge is -2.24. The molecule has 0 saturated heterocycles. The molecule has 2 heteroatoms. The molecule has 0 amide bonds. The van der Waals surface area contributed by atoms with Gasteiger partial charge in [-0.05, 0) is 57.3 Å². The van der Waals surface area contributed by atoms with Crippen LogP contribution in [0.2, 0.25) is 0 Å². The highest BCUT2D eigenvalue weighted by Gasteiger charge is 2.35. The molecule has 1 aliphatic carbocycles. The number of hydrogen-bond donors (Lipinski definition) is 0. The van der Waals surface area contributed by atoms with Gasteiger partial charge in [0.1, 0.15) is 0 Å². The van der Waals surface area contributed by atoms with Crippen molar-refractivity contribution in [2.45, 2.75) is 19.3 Å². The Morgan fingerprint density at radius 1 is 0.630 bits per heavy atom. The van der Waals surface area contributed by atoms with Gasteiger partial charge in [0.2, 0.25) is 0 Å². The van der Waals surface area contributed by atoms with E-state index < -0.39 is 0 Å². The molecule has 132 valence electrons. The first-order chi connectivity index (χ1) is 13.1. The molecule has 0 fully saturated rings. The zero-order valence-corrected chi connectivity index (χ0v) is 17.6. The van der Waals surface area contributed by atoms with Crippen molar-refractivity contribution in [3.63, 3.8) is 0 Å². The fraction of sp³-hybridized carbons (Fsp3) is 0.120. The number of nitrogens with zero attached hydrogens (tertiary/aromatic N) is 1. The van der Waals surface area contributed by atoms with Crippen LogP contribution < -0.4 is 3.11 Å². The SMILES string of the molecule is CC1(C)c2ccccc2-c2ccc(N(I)c3ccc4ccccc4c3)cc21. The van der Waals surface area contributed by atoms with E-state index in [1.54, 1.807) is 0 Å². The minimum Gasteiger partial charge on any atom is -0.283 e. The zero-order chi connectivity index (χ0) is 18.6. The minimum absolute atomic E-state index is 0.0306. The average Bonchev–Trinajstić information content (AvgIpc) is 2.94. The molecule has 27 heavy (non-hydrogen) atoms. The summed E-state index contributed by atoms with van der Waals surface area (Å²) in [5.41, 5.74) is 8.00. The quantitative estimate of drug-likeness (QED) is 0.219. The van der Waals surface area contributed by atoms with Gasteiger partial charge in [-0.1, -0.05) is 74.5 Å². The minimum atomic E-state index is 0.0306. The predicted octanol–water partition coefficient (Wildman–Crippen LogP) is 7.63. The molecule has 1 nitrogen and oxygen atoms in total. The van der Waals surface area contributed by atoms with Gasteiger partial charge in [0.15, 0.2) is 0 Å². The number of halogens is 1. The molecule has 0 unspecified atom stereocenters. The highest BCUT2D eigenvalue weighted by atomic mass is 127. The van der Waals surface area contributed by atoms with Crippen LogP contribution in [-0.2, 0) is 5.41 Å². The lowest BCUT2D eigenvalue weighted by atomic mass is 9.82. The third-order valence-corrected chi connectivity index (χ3v) is 6.87. The van der Waals surface area contributed by atoms with Crippen LogP contribution in [0.5, 0.6) is 0 Å². The van der Waals surface area contributed by atoms with Crippen LogP contribution in [0.1, 0.15) is 25.0 Å². The molecule has 5 rings (SSSR count). The summed E-state index contributed by atoms with van der Waals surface area (Å²) in [6, 6.07) is 30.8. The van der Waals surface area contributed by atoms with Crippen molar-refractivity contribution in [1.82, 2.24) is 0 Å². The maximum atomic E-state index is 2.42. The summed E-state index contributed by atoms with van der Waals surface area (Å²) in [6.07, 6.45) is 0. The van der Waals surface area contributed by atoms with Crippen LogP contribution in [-0.4, -0.2) is 0 Å². The fourth-order valence-corrected chi connectivity index (χ4v) is 4.86. The Morgan fingerprint density at radius 3 is 2.11 bits per heavy atom. The van der Waals surface area contributed by atoms with Gasteiger partial charge in [-0.15, -0.1) is 0 Å². The van der Waals surface area contributed by atoms with Crippen LogP contribution in [0.4, 0.5) is 11.4 Å². The van der Waals surface area contributed by atoms with Gasteiger partial charge >= 0.3 is 0 Å². The largest absolute Gasteiger partial charge is 0.283 e. The maximum absolute atomic E-state index is 2.42. The normalized spacial score (nSPS) is 14.0. The molecule has 0 radical (unpaired) electrons. The van der Waals surface area contributed by atoms with Gasteiger partial charge in [-0.25, -0.2) is 0 Å². The number of benzene rings is 4. The van der Waals surface area contributed by atoms with Crippen LogP contribution in [0, 0.1) is 0 Å². The van der Waals surface area contributed by atoms with Gasteiger partial charge in [-0.3, -0.25) is 3.11 Å². The summed E-state index contributed by atoms with van der Waals surface area (Å²) >= 11 is 2.42. The number of hydrogen-bond acceptors (Lipinski definition) is 1. The van der Waals surface area contributed by atoms with Gasteiger partial charge in [-0.2, -0.15) is 0 Å². The van der Waals surface area contributed by atoms with Crippen molar-refractivity contribution in [1.29, 1.82) is 0 Å². The number of fused-ring (bicyclic) bond motifs is 4. The van der Waals surface area contributed by atoms with Crippen molar-refractivity contribution < 1.29 is 0 Å². The van der Waals surface area contributed by atoms with Crippen molar-refractivity contribution in [3.05, 3.63) is 96.1 Å². The van der Waals surface area contributed by atoms with E-state index in [0.717, 1.165) is 0 Å². The summed E-state index contributed by atoms with van der Waals surface area (Å²) in [6.45, 7) is 4.66. The van der Waals surface area contributed by atoms with Crippen molar-refractivity contribution >= 4 is 45.0 Å². The standard InChI is InChI=1S/C25H20IN/c1-25(2)23-10-6-5-9-21(23)22-14-13-20(16-24(22)25)27(26)19-12-11-17-7-3-4-8-18(17)15-19/h3-16H,1-2H3. The van der Waals surface area contributed by atoms with Crippen molar-refractivity contribution in [2.24, 2.45) is 0 Å². The molecule has 4 aromatic rings. The van der Waals surface area contributed by atoms with E-state index in [1.165, 1.54) is 44.4 Å². The molecule has 1 aliphatic rings. The molecule has 0 N–H and O–H groups in total. The van der Waals surface area contributed by atoms with Gasteiger partial charge in [0.05, 0.1) is 34.2 Å². The van der Waals surface area contributed by atoms with Gasteiger partial charge in [0, 0.05) is 5.41 Å². The topological polar surface area (TPSA) is 3.24 Å². The predicted molar refractivity (Wildman–Crippen MR) is 124 cm³/mol. The fourth-order valence-electron chi connectivity index (χ4n) is 4.26. The summed E-state index contributed by atoms with van der Waals surface area (Å²) in [4.78, 5) is 0. The van der Waals surface area contributed by atoms with Crippen LogP contribution in [0.15, 0.2) is 84.9 Å². The molecular formula is C25H20IN. The van der Waals surface area contributed by atoms with Crippen molar-refractivity contribution in [2.75, 3.05) is 3.11 Å². The van der Waals surface area contributed by atoms with E-state index >= 15 is 0 Å². The Balaban J connectivity index is 1.60. The van der Waals surface area contributed by atoms with E-state index in [2.05, 4.69) is 125 Å². The summed E-state index contributed by atoms with van der Waals surface area (Å²) in [5.74, 6) is 0. The third-order valence-electron chi connectivity index (χ3n) is 5.75. The van der Waals surface area contributed by atoms with Gasteiger partial charge < -0.3 is 0 Å². The monoisotopic (exact) mass is 461 g/mol. The second-order valence-electron chi connectivity index (χ2n) is 7.71. The average molecular weight is 461 g/mol. The van der Waals surface area contributed by atoms with Crippen LogP contribution in [0.25, 0.3) is 21.9 Å². The molecular weight excluding hydrogens is 441 g/mol. The first-order valence-corrected chi connectivity index (χ1v) is 10.2. The molecule has 0 aliphatic heterocycles. The molecule has 0 bridgehead atoms. The first-order valence-electron chi connectivity index (χ1n) is 9.25. The highest BCUT2D eigenvalue weighted by molar-refractivity contribution is 14.1. The van der Waals surface area contributed by atoms with Crippen molar-refractivity contribution in [3.8, 4) is 11.1 Å². The van der Waals surface area contributed by atoms with E-state index in [9.17, 15) is 0 Å². The Morgan fingerprint density at radius 2 is 1.26 bits per heavy atom. The second-order valence-corrected chi connectivity index (χ2v) is 8.68. The molecule has 4 aromatic carbocycles. The summed E-state index contributed by atoms with van der Waals surface area (Å²) in [7, 11) is 0. The zero-order valence-electron chi connectivity index (χ0n) is 15.4. The van der Waals surface area contributed by atoms with Crippen LogP contribution in [0.3, 0.4) is 0 Å². The molecule has 0 heterocycles. The smallest absolute Gasteiger partial charge is 0.0646 e. The molecule has 0 aromatic heterocycles. The Kier molecular flexibility index (Phi) is 3.80.